The first-order valence-electron chi connectivity index (χ1n) is 5.67. The largest absolute Gasteiger partial charge is 0.459 e. The number of aliphatic hydroxyl groups is 2. The van der Waals surface area contributed by atoms with Crippen LogP contribution in [0.15, 0.2) is 27.2 Å². The van der Waals surface area contributed by atoms with Crippen LogP contribution < -0.4 is 0 Å². The number of hydrogen-bond donors (Lipinski definition) is 2. The molecule has 2 atom stereocenters. The molecule has 3 heterocycles. The molecule has 0 radical (unpaired) electrons. The van der Waals surface area contributed by atoms with Gasteiger partial charge in [0.05, 0.1) is 25.0 Å². The van der Waals surface area contributed by atoms with E-state index in [-0.39, 0.29) is 0 Å². The smallest absolute Gasteiger partial charge is 0.283 e. The van der Waals surface area contributed by atoms with Gasteiger partial charge in [0.2, 0.25) is 5.89 Å². The number of β-amino-alcohol motifs (C(OH)–C–C–N with tert-alkyl or cyclic N) is 2. The van der Waals surface area contributed by atoms with E-state index in [1.807, 2.05) is 4.90 Å². The molecule has 0 saturated carbocycles. The molecule has 2 aromatic heterocycles. The zero-order valence-electron chi connectivity index (χ0n) is 9.56. The van der Waals surface area contributed by atoms with Gasteiger partial charge >= 0.3 is 0 Å². The van der Waals surface area contributed by atoms with Crippen LogP contribution in [-0.4, -0.2) is 50.6 Å². The second-order valence-electron chi connectivity index (χ2n) is 4.31. The van der Waals surface area contributed by atoms with Crippen LogP contribution >= 0.6 is 0 Å². The Morgan fingerprint density at radius 3 is 2.72 bits per heavy atom. The Bertz CT molecular complexity index is 500. The molecule has 3 rings (SSSR count). The highest BCUT2D eigenvalue weighted by Crippen LogP contribution is 2.19. The fourth-order valence-electron chi connectivity index (χ4n) is 1.98. The molecule has 0 unspecified atom stereocenters. The van der Waals surface area contributed by atoms with E-state index in [0.29, 0.717) is 37.2 Å². The molecular formula is C11H13N3O4. The first kappa shape index (κ1) is 11.4. The van der Waals surface area contributed by atoms with Gasteiger partial charge in [-0.25, -0.2) is 0 Å². The van der Waals surface area contributed by atoms with Crippen molar-refractivity contribution in [3.63, 3.8) is 0 Å². The van der Waals surface area contributed by atoms with Gasteiger partial charge in [-0.2, -0.15) is 0 Å². The molecule has 0 spiro atoms. The van der Waals surface area contributed by atoms with E-state index in [1.54, 1.807) is 12.1 Å². The zero-order chi connectivity index (χ0) is 12.5. The minimum Gasteiger partial charge on any atom is -0.459 e. The molecule has 7 nitrogen and oxygen atoms in total. The van der Waals surface area contributed by atoms with E-state index in [2.05, 4.69) is 10.2 Å². The second-order valence-corrected chi connectivity index (χ2v) is 4.31. The maximum absolute atomic E-state index is 9.43. The Balaban J connectivity index is 1.68. The highest BCUT2D eigenvalue weighted by Gasteiger charge is 2.30. The van der Waals surface area contributed by atoms with E-state index < -0.39 is 12.2 Å². The minimum absolute atomic E-state index is 0.329. The summed E-state index contributed by atoms with van der Waals surface area (Å²) in [5.41, 5.74) is 0. The van der Waals surface area contributed by atoms with Gasteiger partial charge in [0.15, 0.2) is 5.76 Å². The van der Waals surface area contributed by atoms with Crippen molar-refractivity contribution in [2.24, 2.45) is 0 Å². The summed E-state index contributed by atoms with van der Waals surface area (Å²) in [4.78, 5) is 1.86. The van der Waals surface area contributed by atoms with Gasteiger partial charge in [0.1, 0.15) is 0 Å². The average molecular weight is 251 g/mol. The van der Waals surface area contributed by atoms with E-state index in [0.717, 1.165) is 0 Å². The van der Waals surface area contributed by atoms with E-state index in [1.165, 1.54) is 6.26 Å². The molecule has 96 valence electrons. The Labute approximate surface area is 103 Å². The van der Waals surface area contributed by atoms with Gasteiger partial charge in [-0.3, -0.25) is 4.90 Å². The summed E-state index contributed by atoms with van der Waals surface area (Å²) in [5.74, 6) is 1.29. The van der Waals surface area contributed by atoms with Crippen LogP contribution in [0.5, 0.6) is 0 Å². The molecular weight excluding hydrogens is 238 g/mol. The molecule has 2 N–H and O–H groups in total. The van der Waals surface area contributed by atoms with Crippen LogP contribution in [-0.2, 0) is 6.54 Å². The van der Waals surface area contributed by atoms with Gasteiger partial charge in [-0.1, -0.05) is 0 Å². The first-order valence-corrected chi connectivity index (χ1v) is 5.67. The molecule has 0 amide bonds. The topological polar surface area (TPSA) is 95.8 Å². The number of aliphatic hydroxyl groups excluding tert-OH is 2. The third-order valence-electron chi connectivity index (χ3n) is 2.89. The lowest BCUT2D eigenvalue weighted by molar-refractivity contribution is 0.0572. The van der Waals surface area contributed by atoms with Crippen LogP contribution in [0.25, 0.3) is 11.7 Å². The van der Waals surface area contributed by atoms with E-state index in [9.17, 15) is 10.2 Å². The molecule has 1 saturated heterocycles. The van der Waals surface area contributed by atoms with Crippen LogP contribution in [0, 0.1) is 0 Å². The lowest BCUT2D eigenvalue weighted by Gasteiger charge is -2.10. The summed E-state index contributed by atoms with van der Waals surface area (Å²) < 4.78 is 10.6. The average Bonchev–Trinajstić information content (AvgIpc) is 3.02. The summed E-state index contributed by atoms with van der Waals surface area (Å²) in [6.45, 7) is 1.21. The SMILES string of the molecule is O[C@@H]1CN(Cc2nnc(-c3ccco3)o2)C[C@@H]1O. The van der Waals surface area contributed by atoms with Crippen molar-refractivity contribution in [3.05, 3.63) is 24.3 Å². The fourth-order valence-corrected chi connectivity index (χ4v) is 1.98. The highest BCUT2D eigenvalue weighted by atomic mass is 16.4. The van der Waals surface area contributed by atoms with Crippen molar-refractivity contribution in [1.29, 1.82) is 0 Å². The lowest BCUT2D eigenvalue weighted by Crippen LogP contribution is -2.22. The summed E-state index contributed by atoms with van der Waals surface area (Å²) in [6.07, 6.45) is 0.113. The van der Waals surface area contributed by atoms with Crippen LogP contribution in [0.2, 0.25) is 0 Å². The molecule has 2 aromatic rings. The monoisotopic (exact) mass is 251 g/mol. The number of rotatable bonds is 3. The highest BCUT2D eigenvalue weighted by molar-refractivity contribution is 5.42. The maximum Gasteiger partial charge on any atom is 0.283 e. The van der Waals surface area contributed by atoms with Gasteiger partial charge in [0.25, 0.3) is 5.89 Å². The predicted molar refractivity (Wildman–Crippen MR) is 59.3 cm³/mol. The number of furan rings is 1. The van der Waals surface area contributed by atoms with Crippen molar-refractivity contribution in [1.82, 2.24) is 15.1 Å². The molecule has 1 fully saturated rings. The van der Waals surface area contributed by atoms with Crippen LogP contribution in [0.3, 0.4) is 0 Å². The first-order chi connectivity index (χ1) is 8.72. The fraction of sp³-hybridized carbons (Fsp3) is 0.455. The van der Waals surface area contributed by atoms with Gasteiger partial charge in [-0.15, -0.1) is 10.2 Å². The Hall–Kier alpha value is -1.70. The molecule has 0 bridgehead atoms. The van der Waals surface area contributed by atoms with Crippen LogP contribution in [0.4, 0.5) is 0 Å². The van der Waals surface area contributed by atoms with Crippen molar-refractivity contribution >= 4 is 0 Å². The standard InChI is InChI=1S/C11H13N3O4/c15-7-4-14(5-8(7)16)6-10-12-13-11(18-10)9-2-1-3-17-9/h1-3,7-8,15-16H,4-6H2/t7-,8+. The van der Waals surface area contributed by atoms with Crippen molar-refractivity contribution in [3.8, 4) is 11.7 Å². The molecule has 1 aliphatic heterocycles. The minimum atomic E-state index is -0.711. The number of likely N-dealkylation sites (tertiary alicyclic amines) is 1. The van der Waals surface area contributed by atoms with Gasteiger partial charge in [-0.05, 0) is 12.1 Å². The third kappa shape index (κ3) is 2.15. The van der Waals surface area contributed by atoms with E-state index >= 15 is 0 Å². The van der Waals surface area contributed by atoms with E-state index in [4.69, 9.17) is 8.83 Å². The van der Waals surface area contributed by atoms with Gasteiger partial charge < -0.3 is 19.0 Å². The molecule has 0 aromatic carbocycles. The van der Waals surface area contributed by atoms with Crippen LogP contribution in [0.1, 0.15) is 5.89 Å². The Morgan fingerprint density at radius 2 is 2.06 bits per heavy atom. The lowest BCUT2D eigenvalue weighted by atomic mass is 10.3. The van der Waals surface area contributed by atoms with Crippen molar-refractivity contribution < 1.29 is 19.0 Å². The van der Waals surface area contributed by atoms with Crippen molar-refractivity contribution in [2.75, 3.05) is 13.1 Å². The molecule has 7 heteroatoms. The summed E-state index contributed by atoms with van der Waals surface area (Å²) in [6, 6.07) is 3.48. The van der Waals surface area contributed by atoms with Gasteiger partial charge in [0, 0.05) is 13.1 Å². The Kier molecular flexibility index (Phi) is 2.86. The zero-order valence-corrected chi connectivity index (χ0v) is 9.56. The Morgan fingerprint density at radius 1 is 1.28 bits per heavy atom. The number of aromatic nitrogens is 2. The molecule has 0 aliphatic carbocycles. The quantitative estimate of drug-likeness (QED) is 0.784. The van der Waals surface area contributed by atoms with Crippen molar-refractivity contribution in [2.45, 2.75) is 18.8 Å². The molecule has 1 aliphatic rings. The summed E-state index contributed by atoms with van der Waals surface area (Å²) in [5, 5.41) is 26.6. The number of hydrogen-bond acceptors (Lipinski definition) is 7. The normalized spacial score (nSPS) is 24.8. The predicted octanol–water partition coefficient (Wildman–Crippen LogP) is -0.133. The number of nitrogens with zero attached hydrogens (tertiary/aromatic N) is 3. The molecule has 18 heavy (non-hydrogen) atoms. The summed E-state index contributed by atoms with van der Waals surface area (Å²) in [7, 11) is 0. The third-order valence-corrected chi connectivity index (χ3v) is 2.89. The second kappa shape index (κ2) is 4.52. The summed E-state index contributed by atoms with van der Waals surface area (Å²) >= 11 is 0. The maximum atomic E-state index is 9.43.